The van der Waals surface area contributed by atoms with Crippen LogP contribution in [0.25, 0.3) is 10.6 Å². The number of methoxy groups -OCH3 is 1. The molecule has 10 heteroatoms. The van der Waals surface area contributed by atoms with Crippen LogP contribution in [0.1, 0.15) is 28.2 Å². The Labute approximate surface area is 176 Å². The molecule has 1 saturated heterocycles. The minimum atomic E-state index is -0.0563. The van der Waals surface area contributed by atoms with Crippen molar-refractivity contribution < 1.29 is 9.53 Å². The first-order valence-electron chi connectivity index (χ1n) is 8.47. The molecule has 1 aliphatic rings. The van der Waals surface area contributed by atoms with Crippen LogP contribution in [0.2, 0.25) is 0 Å². The van der Waals surface area contributed by atoms with Crippen LogP contribution in [-0.2, 0) is 11.8 Å². The van der Waals surface area contributed by atoms with Crippen molar-refractivity contribution in [2.75, 3.05) is 33.4 Å². The largest absolute Gasteiger partial charge is 0.384 e. The molecule has 0 atom stereocenters. The minimum Gasteiger partial charge on any atom is -0.384 e. The van der Waals surface area contributed by atoms with E-state index in [9.17, 15) is 4.79 Å². The van der Waals surface area contributed by atoms with Crippen molar-refractivity contribution in [2.24, 2.45) is 12.5 Å². The van der Waals surface area contributed by atoms with E-state index < -0.39 is 0 Å². The number of ether oxygens (including phenoxy) is 1. The average molecular weight is 436 g/mol. The van der Waals surface area contributed by atoms with E-state index in [1.54, 1.807) is 18.0 Å². The molecule has 3 rings (SSSR count). The Hall–Kier alpha value is -1.19. The van der Waals surface area contributed by atoms with Gasteiger partial charge in [0.25, 0.3) is 5.91 Å². The second-order valence-electron chi connectivity index (χ2n) is 6.70. The van der Waals surface area contributed by atoms with Gasteiger partial charge in [-0.25, -0.2) is 4.98 Å². The van der Waals surface area contributed by atoms with Crippen molar-refractivity contribution in [1.82, 2.24) is 25.4 Å². The zero-order valence-corrected chi connectivity index (χ0v) is 18.2. The van der Waals surface area contributed by atoms with Gasteiger partial charge in [-0.3, -0.25) is 9.48 Å². The number of thiazole rings is 1. The quantitative estimate of drug-likeness (QED) is 0.727. The fourth-order valence-electron chi connectivity index (χ4n) is 3.25. The molecule has 1 aliphatic heterocycles. The SMILES string of the molecule is COCC1(CNC(=O)c2sc(-c3cnn(C)c3)nc2C)CCNCC1.Cl.Cl. The van der Waals surface area contributed by atoms with Crippen LogP contribution in [0, 0.1) is 12.3 Å². The van der Waals surface area contributed by atoms with E-state index in [2.05, 4.69) is 20.7 Å². The maximum absolute atomic E-state index is 12.7. The normalized spacial score (nSPS) is 15.5. The molecule has 1 fully saturated rings. The first-order valence-corrected chi connectivity index (χ1v) is 9.29. The van der Waals surface area contributed by atoms with Gasteiger partial charge in [0.05, 0.1) is 18.5 Å². The lowest BCUT2D eigenvalue weighted by Gasteiger charge is -2.37. The fourth-order valence-corrected chi connectivity index (χ4v) is 4.20. The number of aryl methyl sites for hydroxylation is 2. The molecule has 0 saturated carbocycles. The number of aromatic nitrogens is 3. The predicted molar refractivity (Wildman–Crippen MR) is 112 cm³/mol. The van der Waals surface area contributed by atoms with E-state index >= 15 is 0 Å². The van der Waals surface area contributed by atoms with Gasteiger partial charge in [0, 0.05) is 37.9 Å². The van der Waals surface area contributed by atoms with Gasteiger partial charge in [-0.05, 0) is 32.9 Å². The summed E-state index contributed by atoms with van der Waals surface area (Å²) in [6.45, 7) is 5.09. The average Bonchev–Trinajstić information content (AvgIpc) is 3.20. The van der Waals surface area contributed by atoms with Crippen LogP contribution >= 0.6 is 36.2 Å². The molecule has 7 nitrogen and oxygen atoms in total. The maximum Gasteiger partial charge on any atom is 0.263 e. The summed E-state index contributed by atoms with van der Waals surface area (Å²) in [6, 6.07) is 0. The van der Waals surface area contributed by atoms with E-state index in [0.717, 1.165) is 42.2 Å². The topological polar surface area (TPSA) is 81.1 Å². The first kappa shape index (κ1) is 23.8. The highest BCUT2D eigenvalue weighted by atomic mass is 35.5. The summed E-state index contributed by atoms with van der Waals surface area (Å²) in [6.07, 6.45) is 5.68. The van der Waals surface area contributed by atoms with Gasteiger partial charge in [0.2, 0.25) is 0 Å². The number of halogens is 2. The lowest BCUT2D eigenvalue weighted by Crippen LogP contribution is -2.47. The number of nitrogens with one attached hydrogen (secondary N) is 2. The molecule has 0 radical (unpaired) electrons. The molecule has 0 unspecified atom stereocenters. The van der Waals surface area contributed by atoms with Crippen molar-refractivity contribution in [3.8, 4) is 10.6 Å². The Morgan fingerprint density at radius 2 is 2.11 bits per heavy atom. The second-order valence-corrected chi connectivity index (χ2v) is 7.70. The summed E-state index contributed by atoms with van der Waals surface area (Å²) in [7, 11) is 3.59. The summed E-state index contributed by atoms with van der Waals surface area (Å²) in [5.41, 5.74) is 1.71. The maximum atomic E-state index is 12.7. The minimum absolute atomic E-state index is 0. The molecular formula is C17H27Cl2N5O2S. The molecule has 1 amide bonds. The molecule has 2 aromatic heterocycles. The zero-order chi connectivity index (χ0) is 17.9. The van der Waals surface area contributed by atoms with Crippen molar-refractivity contribution in [2.45, 2.75) is 19.8 Å². The highest BCUT2D eigenvalue weighted by Gasteiger charge is 2.33. The summed E-state index contributed by atoms with van der Waals surface area (Å²) in [5, 5.41) is 11.5. The molecule has 0 aliphatic carbocycles. The lowest BCUT2D eigenvalue weighted by atomic mass is 9.79. The third kappa shape index (κ3) is 5.65. The Morgan fingerprint density at radius 3 is 2.70 bits per heavy atom. The molecule has 3 heterocycles. The number of carbonyl (C=O) groups is 1. The number of hydrogen-bond donors (Lipinski definition) is 2. The molecule has 0 aromatic carbocycles. The first-order chi connectivity index (χ1) is 12.0. The van der Waals surface area contributed by atoms with E-state index in [1.165, 1.54) is 11.3 Å². The van der Waals surface area contributed by atoms with Gasteiger partial charge in [0.15, 0.2) is 0 Å². The number of amides is 1. The molecule has 0 bridgehead atoms. The molecule has 2 N–H and O–H groups in total. The van der Waals surface area contributed by atoms with Crippen LogP contribution in [-0.4, -0.2) is 54.0 Å². The fraction of sp³-hybridized carbons (Fsp3) is 0.588. The highest BCUT2D eigenvalue weighted by molar-refractivity contribution is 7.17. The molecule has 2 aromatic rings. The van der Waals surface area contributed by atoms with E-state index in [4.69, 9.17) is 4.74 Å². The summed E-state index contributed by atoms with van der Waals surface area (Å²) in [4.78, 5) is 17.9. The Morgan fingerprint density at radius 1 is 1.41 bits per heavy atom. The number of carbonyl (C=O) groups excluding carboxylic acids is 1. The second kappa shape index (κ2) is 10.4. The van der Waals surface area contributed by atoms with E-state index in [-0.39, 0.29) is 36.1 Å². The number of rotatable bonds is 6. The van der Waals surface area contributed by atoms with Crippen molar-refractivity contribution in [1.29, 1.82) is 0 Å². The van der Waals surface area contributed by atoms with E-state index in [0.29, 0.717) is 18.0 Å². The van der Waals surface area contributed by atoms with Gasteiger partial charge in [-0.2, -0.15) is 5.10 Å². The Kier molecular flexibility index (Phi) is 9.17. The predicted octanol–water partition coefficient (Wildman–Crippen LogP) is 2.44. The van der Waals surface area contributed by atoms with Gasteiger partial charge in [-0.1, -0.05) is 0 Å². The van der Waals surface area contributed by atoms with Crippen LogP contribution in [0.15, 0.2) is 12.4 Å². The molecular weight excluding hydrogens is 409 g/mol. The van der Waals surface area contributed by atoms with Crippen molar-refractivity contribution in [3.63, 3.8) is 0 Å². The lowest BCUT2D eigenvalue weighted by molar-refractivity contribution is 0.0512. The number of hydrogen-bond acceptors (Lipinski definition) is 6. The summed E-state index contributed by atoms with van der Waals surface area (Å²) < 4.78 is 7.15. The highest BCUT2D eigenvalue weighted by Crippen LogP contribution is 2.30. The third-order valence-electron chi connectivity index (χ3n) is 4.69. The Bertz CT molecular complexity index is 738. The van der Waals surface area contributed by atoms with Gasteiger partial charge >= 0.3 is 0 Å². The van der Waals surface area contributed by atoms with Crippen molar-refractivity contribution in [3.05, 3.63) is 23.0 Å². The van der Waals surface area contributed by atoms with Gasteiger partial charge in [-0.15, -0.1) is 36.2 Å². The molecule has 152 valence electrons. The van der Waals surface area contributed by atoms with Crippen molar-refractivity contribution >= 4 is 42.1 Å². The summed E-state index contributed by atoms with van der Waals surface area (Å²) in [5.74, 6) is -0.0563. The zero-order valence-electron chi connectivity index (χ0n) is 15.8. The smallest absolute Gasteiger partial charge is 0.263 e. The molecule has 27 heavy (non-hydrogen) atoms. The van der Waals surface area contributed by atoms with Gasteiger partial charge < -0.3 is 15.4 Å². The molecule has 0 spiro atoms. The van der Waals surface area contributed by atoms with Crippen LogP contribution in [0.3, 0.4) is 0 Å². The summed E-state index contributed by atoms with van der Waals surface area (Å²) >= 11 is 1.41. The van der Waals surface area contributed by atoms with E-state index in [1.807, 2.05) is 20.2 Å². The monoisotopic (exact) mass is 435 g/mol. The van der Waals surface area contributed by atoms with Crippen LogP contribution in [0.5, 0.6) is 0 Å². The van der Waals surface area contributed by atoms with Crippen LogP contribution < -0.4 is 10.6 Å². The number of piperidine rings is 1. The third-order valence-corrected chi connectivity index (χ3v) is 5.90. The number of nitrogens with zero attached hydrogens (tertiary/aromatic N) is 3. The van der Waals surface area contributed by atoms with Gasteiger partial charge in [0.1, 0.15) is 9.88 Å². The standard InChI is InChI=1S/C17H25N5O2S.2ClH/c1-12-14(25-16(21-12)13-8-20-22(2)9-13)15(23)19-10-17(11-24-3)4-6-18-7-5-17;;/h8-9,18H,4-7,10-11H2,1-3H3,(H,19,23);2*1H. The van der Waals surface area contributed by atoms with Crippen LogP contribution in [0.4, 0.5) is 0 Å². The Balaban J connectivity index is 0.00000182.